The van der Waals surface area contributed by atoms with E-state index >= 15 is 0 Å². The van der Waals surface area contributed by atoms with Gasteiger partial charge >= 0.3 is 0 Å². The van der Waals surface area contributed by atoms with Crippen LogP contribution in [0.15, 0.2) is 22.7 Å². The lowest BCUT2D eigenvalue weighted by Crippen LogP contribution is -2.40. The van der Waals surface area contributed by atoms with Crippen molar-refractivity contribution >= 4 is 21.8 Å². The fourth-order valence-corrected chi connectivity index (χ4v) is 2.24. The van der Waals surface area contributed by atoms with Crippen LogP contribution in [0.4, 0.5) is 4.39 Å². The van der Waals surface area contributed by atoms with Gasteiger partial charge in [0.15, 0.2) is 0 Å². The van der Waals surface area contributed by atoms with Crippen molar-refractivity contribution in [3.05, 3.63) is 34.1 Å². The molecule has 0 aliphatic carbocycles. The number of unbranched alkanes of at least 4 members (excludes halogenated alkanes) is 1. The molecule has 1 atom stereocenters. The molecule has 0 heterocycles. The Morgan fingerprint density at radius 1 is 1.53 bits per heavy atom. The summed E-state index contributed by atoms with van der Waals surface area (Å²) >= 11 is 3.11. The first kappa shape index (κ1) is 16.1. The monoisotopic (exact) mass is 330 g/mol. The van der Waals surface area contributed by atoms with Gasteiger partial charge in [-0.2, -0.15) is 0 Å². The van der Waals surface area contributed by atoms with Crippen LogP contribution in [-0.4, -0.2) is 18.5 Å². The highest BCUT2D eigenvalue weighted by Gasteiger charge is 2.11. The predicted octanol–water partition coefficient (Wildman–Crippen LogP) is 2.76. The number of carbonyl (C=O) groups is 1. The van der Waals surface area contributed by atoms with Crippen molar-refractivity contribution in [2.75, 3.05) is 6.54 Å². The van der Waals surface area contributed by atoms with Crippen LogP contribution in [0.3, 0.4) is 0 Å². The molecule has 0 aliphatic rings. The van der Waals surface area contributed by atoms with Gasteiger partial charge < -0.3 is 11.1 Å². The molecule has 19 heavy (non-hydrogen) atoms. The Bertz CT molecular complexity index is 426. The van der Waals surface area contributed by atoms with Crippen LogP contribution in [-0.2, 0) is 11.2 Å². The van der Waals surface area contributed by atoms with Crippen molar-refractivity contribution in [3.63, 3.8) is 0 Å². The van der Waals surface area contributed by atoms with Crippen molar-refractivity contribution in [1.29, 1.82) is 0 Å². The summed E-state index contributed by atoms with van der Waals surface area (Å²) in [5.41, 5.74) is 6.40. The summed E-state index contributed by atoms with van der Waals surface area (Å²) in [5.74, 6) is -0.406. The number of hydrogen-bond donors (Lipinski definition) is 2. The largest absolute Gasteiger partial charge is 0.352 e. The minimum atomic E-state index is -0.327. The molecule has 1 aromatic carbocycles. The van der Waals surface area contributed by atoms with E-state index in [-0.39, 0.29) is 24.2 Å². The van der Waals surface area contributed by atoms with Gasteiger partial charge in [-0.25, -0.2) is 4.39 Å². The standard InChI is InChI=1S/C14H20BrFN2O/c1-2-3-4-11(9-17)18-14(19)8-10-5-6-13(16)12(15)7-10/h5-7,11H,2-4,8-9,17H2,1H3,(H,18,19). The summed E-state index contributed by atoms with van der Waals surface area (Å²) in [5, 5.41) is 2.91. The van der Waals surface area contributed by atoms with E-state index in [2.05, 4.69) is 28.2 Å². The minimum Gasteiger partial charge on any atom is -0.352 e. The molecular formula is C14H20BrFN2O. The molecule has 0 saturated carbocycles. The van der Waals surface area contributed by atoms with E-state index < -0.39 is 0 Å². The molecule has 0 aliphatic heterocycles. The van der Waals surface area contributed by atoms with Gasteiger partial charge in [0, 0.05) is 12.6 Å². The first-order valence-corrected chi connectivity index (χ1v) is 7.29. The molecule has 0 saturated heterocycles. The molecule has 0 aromatic heterocycles. The molecule has 3 nitrogen and oxygen atoms in total. The van der Waals surface area contributed by atoms with Crippen molar-refractivity contribution < 1.29 is 9.18 Å². The van der Waals surface area contributed by atoms with Gasteiger partial charge in [-0.15, -0.1) is 0 Å². The Morgan fingerprint density at radius 3 is 2.84 bits per heavy atom. The smallest absolute Gasteiger partial charge is 0.224 e. The third kappa shape index (κ3) is 5.70. The number of halogens is 2. The van der Waals surface area contributed by atoms with Gasteiger partial charge in [0.05, 0.1) is 10.9 Å². The highest BCUT2D eigenvalue weighted by molar-refractivity contribution is 9.10. The molecule has 1 unspecified atom stereocenters. The first-order valence-electron chi connectivity index (χ1n) is 6.50. The molecule has 5 heteroatoms. The van der Waals surface area contributed by atoms with Crippen molar-refractivity contribution in [3.8, 4) is 0 Å². The third-order valence-electron chi connectivity index (χ3n) is 2.90. The Balaban J connectivity index is 2.51. The van der Waals surface area contributed by atoms with Crippen molar-refractivity contribution in [2.45, 2.75) is 38.6 Å². The second-order valence-corrected chi connectivity index (χ2v) is 5.42. The number of amides is 1. The molecule has 3 N–H and O–H groups in total. The Kier molecular flexibility index (Phi) is 7.02. The summed E-state index contributed by atoms with van der Waals surface area (Å²) in [6.07, 6.45) is 3.26. The second kappa shape index (κ2) is 8.27. The molecular weight excluding hydrogens is 311 g/mol. The number of nitrogens with one attached hydrogen (secondary N) is 1. The zero-order chi connectivity index (χ0) is 14.3. The van der Waals surface area contributed by atoms with Gasteiger partial charge in [0.25, 0.3) is 0 Å². The van der Waals surface area contributed by atoms with E-state index in [0.717, 1.165) is 24.8 Å². The molecule has 106 valence electrons. The summed E-state index contributed by atoms with van der Waals surface area (Å²) in [6.45, 7) is 2.55. The van der Waals surface area contributed by atoms with Gasteiger partial charge in [0.2, 0.25) is 5.91 Å². The maximum absolute atomic E-state index is 13.1. The quantitative estimate of drug-likeness (QED) is 0.807. The Hall–Kier alpha value is -0.940. The molecule has 1 amide bonds. The SMILES string of the molecule is CCCCC(CN)NC(=O)Cc1ccc(F)c(Br)c1. The highest BCUT2D eigenvalue weighted by Crippen LogP contribution is 2.17. The van der Waals surface area contributed by atoms with Crippen LogP contribution >= 0.6 is 15.9 Å². The van der Waals surface area contributed by atoms with E-state index in [1.54, 1.807) is 12.1 Å². The van der Waals surface area contributed by atoms with E-state index in [4.69, 9.17) is 5.73 Å². The summed E-state index contributed by atoms with van der Waals surface area (Å²) in [7, 11) is 0. The second-order valence-electron chi connectivity index (χ2n) is 4.57. The third-order valence-corrected chi connectivity index (χ3v) is 3.51. The van der Waals surface area contributed by atoms with Gasteiger partial charge in [-0.1, -0.05) is 25.8 Å². The maximum Gasteiger partial charge on any atom is 0.224 e. The van der Waals surface area contributed by atoms with Gasteiger partial charge in [0.1, 0.15) is 5.82 Å². The molecule has 0 spiro atoms. The van der Waals surface area contributed by atoms with Crippen LogP contribution in [0.1, 0.15) is 31.7 Å². The van der Waals surface area contributed by atoms with Crippen LogP contribution < -0.4 is 11.1 Å². The predicted molar refractivity (Wildman–Crippen MR) is 78.3 cm³/mol. The Labute approximate surface area is 121 Å². The van der Waals surface area contributed by atoms with Crippen LogP contribution in [0.5, 0.6) is 0 Å². The van der Waals surface area contributed by atoms with E-state index in [9.17, 15) is 9.18 Å². The first-order chi connectivity index (χ1) is 9.06. The number of rotatable bonds is 7. The average Bonchev–Trinajstić information content (AvgIpc) is 2.38. The lowest BCUT2D eigenvalue weighted by atomic mass is 10.1. The fourth-order valence-electron chi connectivity index (χ4n) is 1.81. The lowest BCUT2D eigenvalue weighted by Gasteiger charge is -2.16. The lowest BCUT2D eigenvalue weighted by molar-refractivity contribution is -0.121. The van der Waals surface area contributed by atoms with E-state index in [1.165, 1.54) is 6.07 Å². The van der Waals surface area contributed by atoms with E-state index in [1.807, 2.05) is 0 Å². The summed E-state index contributed by atoms with van der Waals surface area (Å²) < 4.78 is 13.5. The average molecular weight is 331 g/mol. The number of carbonyl (C=O) groups excluding carboxylic acids is 1. The van der Waals surface area contributed by atoms with Gasteiger partial charge in [-0.05, 0) is 40.0 Å². The van der Waals surface area contributed by atoms with Gasteiger partial charge in [-0.3, -0.25) is 4.79 Å². The fraction of sp³-hybridized carbons (Fsp3) is 0.500. The molecule has 0 fully saturated rings. The summed E-state index contributed by atoms with van der Waals surface area (Å²) in [6, 6.07) is 4.61. The zero-order valence-electron chi connectivity index (χ0n) is 11.1. The molecule has 0 radical (unpaired) electrons. The van der Waals surface area contributed by atoms with Crippen molar-refractivity contribution in [2.24, 2.45) is 5.73 Å². The summed E-state index contributed by atoms with van der Waals surface area (Å²) in [4.78, 5) is 11.9. The number of benzene rings is 1. The van der Waals surface area contributed by atoms with Crippen molar-refractivity contribution in [1.82, 2.24) is 5.32 Å². The highest BCUT2D eigenvalue weighted by atomic mass is 79.9. The minimum absolute atomic E-state index is 0.0244. The van der Waals surface area contributed by atoms with E-state index in [0.29, 0.717) is 11.0 Å². The Morgan fingerprint density at radius 2 is 2.26 bits per heavy atom. The maximum atomic E-state index is 13.1. The topological polar surface area (TPSA) is 55.1 Å². The number of nitrogens with two attached hydrogens (primary N) is 1. The molecule has 1 rings (SSSR count). The normalized spacial score (nSPS) is 12.2. The molecule has 0 bridgehead atoms. The van der Waals surface area contributed by atoms with Crippen LogP contribution in [0.25, 0.3) is 0 Å². The molecule has 1 aromatic rings. The van der Waals surface area contributed by atoms with Crippen LogP contribution in [0.2, 0.25) is 0 Å². The van der Waals surface area contributed by atoms with Crippen LogP contribution in [0, 0.1) is 5.82 Å². The number of hydrogen-bond acceptors (Lipinski definition) is 2. The zero-order valence-corrected chi connectivity index (χ0v) is 12.7.